The van der Waals surface area contributed by atoms with Gasteiger partial charge in [0.1, 0.15) is 0 Å². The minimum absolute atomic E-state index is 0.875. The van der Waals surface area contributed by atoms with Crippen molar-refractivity contribution in [2.75, 3.05) is 33.4 Å². The van der Waals surface area contributed by atoms with E-state index in [9.17, 15) is 0 Å². The minimum atomic E-state index is 0.875. The summed E-state index contributed by atoms with van der Waals surface area (Å²) in [6.45, 7) is 4.83. The summed E-state index contributed by atoms with van der Waals surface area (Å²) < 4.78 is 5.03. The van der Waals surface area contributed by atoms with E-state index in [0.29, 0.717) is 0 Å². The van der Waals surface area contributed by atoms with Crippen LogP contribution in [-0.2, 0) is 4.74 Å². The highest BCUT2D eigenvalue weighted by atomic mass is 31.0. The fourth-order valence-corrected chi connectivity index (χ4v) is 2.23. The zero-order valence-corrected chi connectivity index (χ0v) is 10.5. The molecule has 0 aromatic rings. The molecule has 1 aliphatic rings. The molecule has 0 radical (unpaired) electrons. The number of piperidine rings is 1. The normalized spacial score (nSPS) is 20.1. The Hall–Kier alpha value is 0.350. The van der Waals surface area contributed by atoms with Crippen molar-refractivity contribution in [3.63, 3.8) is 0 Å². The van der Waals surface area contributed by atoms with Crippen LogP contribution in [0.5, 0.6) is 0 Å². The number of likely N-dealkylation sites (tertiary alicyclic amines) is 1. The summed E-state index contributed by atoms with van der Waals surface area (Å²) >= 11 is 0. The van der Waals surface area contributed by atoms with Gasteiger partial charge in [-0.15, -0.1) is 9.24 Å². The molecule has 0 aliphatic carbocycles. The summed E-state index contributed by atoms with van der Waals surface area (Å²) in [4.78, 5) is 2.60. The van der Waals surface area contributed by atoms with Crippen molar-refractivity contribution in [2.24, 2.45) is 0 Å². The Bertz CT molecular complexity index is 135. The average Bonchev–Trinajstić information content (AvgIpc) is 2.21. The SMILES string of the molecule is COCCCCCN1CCC(P)CC1. The molecule has 0 aromatic heterocycles. The summed E-state index contributed by atoms with van der Waals surface area (Å²) in [5.41, 5.74) is 0.875. The lowest BCUT2D eigenvalue weighted by Crippen LogP contribution is -2.34. The van der Waals surface area contributed by atoms with Crippen molar-refractivity contribution < 1.29 is 4.74 Å². The molecule has 1 aliphatic heterocycles. The Labute approximate surface area is 90.6 Å². The topological polar surface area (TPSA) is 12.5 Å². The van der Waals surface area contributed by atoms with Gasteiger partial charge in [-0.2, -0.15) is 0 Å². The number of nitrogens with zero attached hydrogens (tertiary/aromatic N) is 1. The molecule has 84 valence electrons. The molecule has 0 aromatic carbocycles. The van der Waals surface area contributed by atoms with E-state index in [4.69, 9.17) is 4.74 Å². The smallest absolute Gasteiger partial charge is 0.0462 e. The molecule has 2 nitrogen and oxygen atoms in total. The zero-order valence-electron chi connectivity index (χ0n) is 9.37. The van der Waals surface area contributed by atoms with Gasteiger partial charge in [-0.05, 0) is 57.4 Å². The molecule has 1 rings (SSSR count). The van der Waals surface area contributed by atoms with E-state index in [1.807, 2.05) is 0 Å². The second kappa shape index (κ2) is 7.62. The molecule has 0 saturated carbocycles. The molecule has 0 bridgehead atoms. The van der Waals surface area contributed by atoms with Crippen LogP contribution in [-0.4, -0.2) is 43.9 Å². The summed E-state index contributed by atoms with van der Waals surface area (Å²) in [6, 6.07) is 0. The van der Waals surface area contributed by atoms with Crippen LogP contribution in [0.25, 0.3) is 0 Å². The average molecular weight is 217 g/mol. The molecule has 1 heterocycles. The fourth-order valence-electron chi connectivity index (χ4n) is 1.94. The van der Waals surface area contributed by atoms with Crippen LogP contribution >= 0.6 is 9.24 Å². The molecule has 0 spiro atoms. The van der Waals surface area contributed by atoms with Crippen LogP contribution in [0.15, 0.2) is 0 Å². The van der Waals surface area contributed by atoms with Crippen molar-refractivity contribution in [3.8, 4) is 0 Å². The highest BCUT2D eigenvalue weighted by Crippen LogP contribution is 2.17. The molecule has 1 atom stereocenters. The van der Waals surface area contributed by atoms with E-state index in [-0.39, 0.29) is 0 Å². The molecule has 0 amide bonds. The van der Waals surface area contributed by atoms with E-state index in [1.165, 1.54) is 51.7 Å². The number of ether oxygens (including phenoxy) is 1. The summed E-state index contributed by atoms with van der Waals surface area (Å²) in [6.07, 6.45) is 6.60. The van der Waals surface area contributed by atoms with Crippen LogP contribution in [0.2, 0.25) is 0 Å². The molecular weight excluding hydrogens is 193 g/mol. The first-order chi connectivity index (χ1) is 6.83. The van der Waals surface area contributed by atoms with Crippen LogP contribution < -0.4 is 0 Å². The van der Waals surface area contributed by atoms with Crippen LogP contribution in [0.4, 0.5) is 0 Å². The molecular formula is C11H24NOP. The van der Waals surface area contributed by atoms with Crippen molar-refractivity contribution in [1.29, 1.82) is 0 Å². The number of methoxy groups -OCH3 is 1. The van der Waals surface area contributed by atoms with Crippen molar-refractivity contribution >= 4 is 9.24 Å². The minimum Gasteiger partial charge on any atom is -0.385 e. The van der Waals surface area contributed by atoms with Crippen molar-refractivity contribution in [3.05, 3.63) is 0 Å². The predicted molar refractivity (Wildman–Crippen MR) is 64.9 cm³/mol. The largest absolute Gasteiger partial charge is 0.385 e. The van der Waals surface area contributed by atoms with Crippen LogP contribution in [0, 0.1) is 0 Å². The van der Waals surface area contributed by atoms with Gasteiger partial charge in [0, 0.05) is 13.7 Å². The number of rotatable bonds is 6. The lowest BCUT2D eigenvalue weighted by molar-refractivity contribution is 0.186. The Morgan fingerprint density at radius 3 is 2.57 bits per heavy atom. The quantitative estimate of drug-likeness (QED) is 0.499. The Kier molecular flexibility index (Phi) is 6.76. The molecule has 1 fully saturated rings. The Morgan fingerprint density at radius 2 is 1.93 bits per heavy atom. The van der Waals surface area contributed by atoms with E-state index in [1.54, 1.807) is 7.11 Å². The van der Waals surface area contributed by atoms with Crippen LogP contribution in [0.3, 0.4) is 0 Å². The van der Waals surface area contributed by atoms with E-state index < -0.39 is 0 Å². The third-order valence-corrected chi connectivity index (χ3v) is 3.62. The first-order valence-electron chi connectivity index (χ1n) is 5.80. The van der Waals surface area contributed by atoms with E-state index in [0.717, 1.165) is 12.3 Å². The monoisotopic (exact) mass is 217 g/mol. The van der Waals surface area contributed by atoms with Gasteiger partial charge in [0.2, 0.25) is 0 Å². The summed E-state index contributed by atoms with van der Waals surface area (Å²) in [5, 5.41) is 0. The van der Waals surface area contributed by atoms with E-state index >= 15 is 0 Å². The van der Waals surface area contributed by atoms with Gasteiger partial charge in [-0.3, -0.25) is 0 Å². The zero-order chi connectivity index (χ0) is 10.2. The number of hydrogen-bond acceptors (Lipinski definition) is 2. The van der Waals surface area contributed by atoms with Gasteiger partial charge in [0.05, 0.1) is 0 Å². The maximum absolute atomic E-state index is 5.03. The lowest BCUT2D eigenvalue weighted by Gasteiger charge is -2.29. The summed E-state index contributed by atoms with van der Waals surface area (Å²) in [7, 11) is 4.73. The Balaban J connectivity index is 1.91. The van der Waals surface area contributed by atoms with Gasteiger partial charge >= 0.3 is 0 Å². The predicted octanol–water partition coefficient (Wildman–Crippen LogP) is 2.14. The molecule has 14 heavy (non-hydrogen) atoms. The Morgan fingerprint density at radius 1 is 1.21 bits per heavy atom. The third kappa shape index (κ3) is 5.29. The number of unbranched alkanes of at least 4 members (excludes halogenated alkanes) is 2. The molecule has 0 N–H and O–H groups in total. The van der Waals surface area contributed by atoms with Gasteiger partial charge in [0.15, 0.2) is 0 Å². The lowest BCUT2D eigenvalue weighted by atomic mass is 10.1. The first kappa shape index (κ1) is 12.4. The second-order valence-electron chi connectivity index (χ2n) is 4.23. The first-order valence-corrected chi connectivity index (χ1v) is 6.46. The number of hydrogen-bond donors (Lipinski definition) is 0. The van der Waals surface area contributed by atoms with E-state index in [2.05, 4.69) is 14.1 Å². The maximum atomic E-state index is 5.03. The third-order valence-electron chi connectivity index (χ3n) is 2.96. The maximum Gasteiger partial charge on any atom is 0.0462 e. The van der Waals surface area contributed by atoms with Gasteiger partial charge in [-0.25, -0.2) is 0 Å². The van der Waals surface area contributed by atoms with Gasteiger partial charge in [0.25, 0.3) is 0 Å². The molecule has 3 heteroatoms. The highest BCUT2D eigenvalue weighted by molar-refractivity contribution is 7.17. The van der Waals surface area contributed by atoms with Crippen molar-refractivity contribution in [1.82, 2.24) is 4.90 Å². The standard InChI is InChI=1S/C11H24NOP/c1-13-10-4-2-3-7-12-8-5-11(14)6-9-12/h11H,2-10,14H2,1H3. The second-order valence-corrected chi connectivity index (χ2v) is 5.18. The highest BCUT2D eigenvalue weighted by Gasteiger charge is 2.14. The fraction of sp³-hybridized carbons (Fsp3) is 1.00. The van der Waals surface area contributed by atoms with Gasteiger partial charge < -0.3 is 9.64 Å². The molecule has 1 saturated heterocycles. The van der Waals surface area contributed by atoms with Crippen LogP contribution in [0.1, 0.15) is 32.1 Å². The van der Waals surface area contributed by atoms with Gasteiger partial charge in [-0.1, -0.05) is 0 Å². The summed E-state index contributed by atoms with van der Waals surface area (Å²) in [5.74, 6) is 0. The van der Waals surface area contributed by atoms with Crippen molar-refractivity contribution in [2.45, 2.75) is 37.8 Å². The molecule has 1 unspecified atom stereocenters.